The minimum atomic E-state index is 0.631. The number of nitrogens with zero attached hydrogens (tertiary/aromatic N) is 9. The summed E-state index contributed by atoms with van der Waals surface area (Å²) in [6, 6.07) is 146. The van der Waals surface area contributed by atoms with Crippen LogP contribution in [-0.2, 0) is 0 Å². The standard InChI is InChI=1S/3C38H21N3S/c39-22-24-6-5-7-26(16-24)28-18-29(27-13-15-38-34(21-27)32-9-2-4-11-37(32)42-38)20-30(19-28)41-35-10-3-1-8-31(35)33-17-25(23-40)12-14-36(33)41;39-22-24-9-12-26(13-10-24)28-18-29(27-14-16-38-34(21-27)32-6-2-4-8-37(32)42-38)20-30(19-28)41-35-7-3-1-5-31(35)33-17-25(23-40)11-15-36(33)41;39-22-24-13-15-36-33(17-24)31-9-3-5-11-35(31)41(36)29-19-27(18-28(20-29)30-8-2-1-7-26(30)23-40)25-14-16-38-34(21-25)32-10-4-6-12-37(32)42-38/h3*1-21H. The van der Waals surface area contributed by atoms with Crippen LogP contribution < -0.4 is 0 Å². The smallest absolute Gasteiger partial charge is 0.0998 e. The molecule has 0 amide bonds. The fourth-order valence-electron chi connectivity index (χ4n) is 18.2. The lowest BCUT2D eigenvalue weighted by Gasteiger charge is -2.15. The first-order valence-electron chi connectivity index (χ1n) is 41.1. The molecule has 0 aliphatic rings. The first kappa shape index (κ1) is 75.2. The van der Waals surface area contributed by atoms with Gasteiger partial charge in [-0.3, -0.25) is 0 Å². The van der Waals surface area contributed by atoms with E-state index < -0.39 is 0 Å². The van der Waals surface area contributed by atoms with Crippen LogP contribution in [0.15, 0.2) is 382 Å². The number of benzene rings is 18. The van der Waals surface area contributed by atoms with E-state index in [4.69, 9.17) is 0 Å². The Kier molecular flexibility index (Phi) is 18.6. The van der Waals surface area contributed by atoms with Gasteiger partial charge < -0.3 is 13.7 Å². The van der Waals surface area contributed by atoms with Crippen molar-refractivity contribution in [1.82, 2.24) is 13.7 Å². The van der Waals surface area contributed by atoms with Crippen LogP contribution in [0.25, 0.3) is 210 Å². The van der Waals surface area contributed by atoms with Gasteiger partial charge in [0.2, 0.25) is 0 Å². The van der Waals surface area contributed by atoms with Crippen LogP contribution >= 0.6 is 34.0 Å². The number of rotatable bonds is 9. The molecule has 0 saturated carbocycles. The number of hydrogen-bond acceptors (Lipinski definition) is 9. The molecular formula is C114H63N9S3. The number of para-hydroxylation sites is 3. The molecule has 0 spiro atoms. The maximum atomic E-state index is 9.97. The summed E-state index contributed by atoms with van der Waals surface area (Å²) in [5, 5.41) is 71.8. The normalized spacial score (nSPS) is 11.3. The molecule has 12 heteroatoms. The zero-order valence-corrected chi connectivity index (χ0v) is 69.6. The van der Waals surface area contributed by atoms with Gasteiger partial charge in [-0.05, 0) is 279 Å². The van der Waals surface area contributed by atoms with E-state index in [-0.39, 0.29) is 0 Å². The molecule has 0 N–H and O–H groups in total. The fourth-order valence-corrected chi connectivity index (χ4v) is 21.5. The summed E-state index contributed by atoms with van der Waals surface area (Å²) < 4.78 is 14.5. The van der Waals surface area contributed by atoms with Gasteiger partial charge in [0.25, 0.3) is 0 Å². The molecule has 582 valence electrons. The third kappa shape index (κ3) is 13.2. The first-order valence-corrected chi connectivity index (χ1v) is 43.6. The van der Waals surface area contributed by atoms with Crippen molar-refractivity contribution in [3.05, 3.63) is 416 Å². The van der Waals surface area contributed by atoms with Crippen molar-refractivity contribution >= 4 is 160 Å². The van der Waals surface area contributed by atoms with Crippen LogP contribution in [0.3, 0.4) is 0 Å². The van der Waals surface area contributed by atoms with E-state index >= 15 is 0 Å². The minimum Gasteiger partial charge on any atom is -0.309 e. The van der Waals surface area contributed by atoms with Crippen LogP contribution in [0, 0.1) is 68.0 Å². The van der Waals surface area contributed by atoms with Crippen molar-refractivity contribution in [1.29, 1.82) is 31.6 Å². The molecule has 0 aliphatic heterocycles. The van der Waals surface area contributed by atoms with Gasteiger partial charge in [-0.2, -0.15) is 31.6 Å². The summed E-state index contributed by atoms with van der Waals surface area (Å²) in [6.45, 7) is 0. The number of nitriles is 6. The maximum absolute atomic E-state index is 9.97. The first-order chi connectivity index (χ1) is 62.1. The van der Waals surface area contributed by atoms with Crippen LogP contribution in [0.4, 0.5) is 0 Å². The van der Waals surface area contributed by atoms with Crippen molar-refractivity contribution in [2.75, 3.05) is 0 Å². The largest absolute Gasteiger partial charge is 0.309 e. The van der Waals surface area contributed by atoms with Crippen molar-refractivity contribution < 1.29 is 0 Å². The highest BCUT2D eigenvalue weighted by Crippen LogP contribution is 2.46. The molecule has 24 aromatic rings. The van der Waals surface area contributed by atoms with Gasteiger partial charge in [0, 0.05) is 110 Å². The van der Waals surface area contributed by atoms with Crippen molar-refractivity contribution in [2.45, 2.75) is 0 Å². The van der Waals surface area contributed by atoms with E-state index in [2.05, 4.69) is 287 Å². The molecule has 0 atom stereocenters. The van der Waals surface area contributed by atoms with Crippen molar-refractivity contribution in [3.8, 4) is 120 Å². The van der Waals surface area contributed by atoms with Crippen LogP contribution in [0.1, 0.15) is 33.4 Å². The summed E-state index contributed by atoms with van der Waals surface area (Å²) in [6.07, 6.45) is 0. The van der Waals surface area contributed by atoms with Crippen LogP contribution in [-0.4, -0.2) is 13.7 Å². The summed E-state index contributed by atoms with van der Waals surface area (Å²) in [5.41, 5.74) is 26.0. The predicted octanol–water partition coefficient (Wildman–Crippen LogP) is 30.7. The molecule has 24 rings (SSSR count). The van der Waals surface area contributed by atoms with Crippen LogP contribution in [0.5, 0.6) is 0 Å². The predicted molar refractivity (Wildman–Crippen MR) is 522 cm³/mol. The number of aromatic nitrogens is 3. The zero-order valence-electron chi connectivity index (χ0n) is 67.1. The Balaban J connectivity index is 0.000000112. The second kappa shape index (κ2) is 31.2. The van der Waals surface area contributed by atoms with Crippen LogP contribution in [0.2, 0.25) is 0 Å². The molecule has 0 bridgehead atoms. The Labute approximate surface area is 735 Å². The highest BCUT2D eigenvalue weighted by Gasteiger charge is 2.22. The zero-order chi connectivity index (χ0) is 84.6. The van der Waals surface area contributed by atoms with Gasteiger partial charge in [0.1, 0.15) is 0 Å². The van der Waals surface area contributed by atoms with Gasteiger partial charge in [-0.15, -0.1) is 34.0 Å². The molecule has 18 aromatic carbocycles. The molecule has 6 aromatic heterocycles. The Morgan fingerprint density at radius 3 is 0.849 bits per heavy atom. The Hall–Kier alpha value is -17.0. The van der Waals surface area contributed by atoms with Gasteiger partial charge in [-0.25, -0.2) is 0 Å². The average molecular weight is 1660 g/mol. The summed E-state index contributed by atoms with van der Waals surface area (Å²) in [4.78, 5) is 0. The lowest BCUT2D eigenvalue weighted by molar-refractivity contribution is 1.18. The van der Waals surface area contributed by atoms with E-state index in [1.165, 1.54) is 60.5 Å². The third-order valence-corrected chi connectivity index (χ3v) is 27.5. The molecule has 9 nitrogen and oxygen atoms in total. The molecule has 0 aliphatic carbocycles. The maximum Gasteiger partial charge on any atom is 0.0998 e. The second-order valence-electron chi connectivity index (χ2n) is 31.4. The Bertz CT molecular complexity index is 8970. The van der Waals surface area contributed by atoms with Crippen molar-refractivity contribution in [3.63, 3.8) is 0 Å². The third-order valence-electron chi connectivity index (χ3n) is 24.1. The fraction of sp³-hybridized carbons (Fsp3) is 0. The highest BCUT2D eigenvalue weighted by molar-refractivity contribution is 7.26. The molecule has 0 saturated heterocycles. The SMILES string of the molecule is N#Cc1ccc(-c2cc(-c3ccc4sc5ccccc5c4c3)cc(-n3c4ccccc4c4cc(C#N)ccc43)c2)cc1.N#Cc1ccc2c(c1)c1ccccc1n2-c1cc(-c2ccc3sc4ccccc4c3c2)cc(-c2ccccc2C#N)c1.N#Cc1cccc(-c2cc(-c3ccc4sc5ccccc5c4c3)cc(-n3c4ccccc4c4cc(C#N)ccc43)c2)c1. The van der Waals surface area contributed by atoms with E-state index in [0.717, 1.165) is 149 Å². The lowest BCUT2D eigenvalue weighted by Crippen LogP contribution is -1.96. The Morgan fingerprint density at radius 2 is 0.460 bits per heavy atom. The van der Waals surface area contributed by atoms with E-state index in [1.54, 1.807) is 0 Å². The summed E-state index contributed by atoms with van der Waals surface area (Å²) in [5.74, 6) is 0. The lowest BCUT2D eigenvalue weighted by atomic mass is 9.94. The molecular weight excluding hydrogens is 1590 g/mol. The second-order valence-corrected chi connectivity index (χ2v) is 34.6. The molecule has 126 heavy (non-hydrogen) atoms. The number of hydrogen-bond donors (Lipinski definition) is 0. The van der Waals surface area contributed by atoms with Gasteiger partial charge in [0.15, 0.2) is 0 Å². The van der Waals surface area contributed by atoms with E-state index in [1.807, 2.05) is 180 Å². The highest BCUT2D eigenvalue weighted by atomic mass is 32.1. The summed E-state index contributed by atoms with van der Waals surface area (Å²) >= 11 is 5.46. The number of thiophene rings is 3. The Morgan fingerprint density at radius 1 is 0.167 bits per heavy atom. The van der Waals surface area contributed by atoms with Crippen molar-refractivity contribution in [2.24, 2.45) is 0 Å². The minimum absolute atomic E-state index is 0.631. The summed E-state index contributed by atoms with van der Waals surface area (Å²) in [7, 11) is 0. The monoisotopic (exact) mass is 1650 g/mol. The van der Waals surface area contributed by atoms with Gasteiger partial charge in [0.05, 0.1) is 103 Å². The van der Waals surface area contributed by atoms with E-state index in [0.29, 0.717) is 33.4 Å². The quantitative estimate of drug-likeness (QED) is 0.140. The molecule has 0 radical (unpaired) electrons. The van der Waals surface area contributed by atoms with Gasteiger partial charge >= 0.3 is 0 Å². The molecule has 0 fully saturated rings. The average Bonchev–Trinajstić information content (AvgIpc) is 1.60. The topological polar surface area (TPSA) is 158 Å². The van der Waals surface area contributed by atoms with E-state index in [9.17, 15) is 31.6 Å². The molecule has 0 unspecified atom stereocenters. The number of fused-ring (bicyclic) bond motifs is 18. The molecule has 6 heterocycles. The van der Waals surface area contributed by atoms with Gasteiger partial charge in [-0.1, -0.05) is 170 Å².